The van der Waals surface area contributed by atoms with E-state index in [1.165, 1.54) is 0 Å². The molecule has 0 saturated heterocycles. The number of hydrogen-bond donors (Lipinski definition) is 0. The lowest BCUT2D eigenvalue weighted by atomic mass is 10.5. The summed E-state index contributed by atoms with van der Waals surface area (Å²) in [6, 6.07) is 0. The molecule has 0 aromatic rings. The Morgan fingerprint density at radius 1 is 1.44 bits per heavy atom. The van der Waals surface area contributed by atoms with Crippen LogP contribution in [0.5, 0.6) is 0 Å². The molecule has 0 aliphatic carbocycles. The summed E-state index contributed by atoms with van der Waals surface area (Å²) < 4.78 is 6.82. The van der Waals surface area contributed by atoms with Crippen molar-refractivity contribution in [3.05, 3.63) is 0 Å². The third-order valence-corrected chi connectivity index (χ3v) is 3.12. The first kappa shape index (κ1) is 9.91. The SMILES string of the molecule is CC(CI)O[Si](C)(C)C. The van der Waals surface area contributed by atoms with Gasteiger partial charge in [0.2, 0.25) is 0 Å². The first-order valence-electron chi connectivity index (χ1n) is 3.19. The van der Waals surface area contributed by atoms with Gasteiger partial charge in [0.15, 0.2) is 8.32 Å². The summed E-state index contributed by atoms with van der Waals surface area (Å²) in [5.74, 6) is 0. The number of halogens is 1. The van der Waals surface area contributed by atoms with Gasteiger partial charge in [0.1, 0.15) is 0 Å². The minimum absolute atomic E-state index is 0.442. The van der Waals surface area contributed by atoms with Crippen molar-refractivity contribution in [1.82, 2.24) is 0 Å². The Morgan fingerprint density at radius 2 is 1.89 bits per heavy atom. The first-order valence-corrected chi connectivity index (χ1v) is 8.13. The summed E-state index contributed by atoms with van der Waals surface area (Å²) in [5, 5.41) is 0. The molecule has 0 fully saturated rings. The molecule has 3 heteroatoms. The average Bonchev–Trinajstić information content (AvgIpc) is 1.62. The zero-order valence-electron chi connectivity index (χ0n) is 6.57. The molecule has 1 nitrogen and oxygen atoms in total. The van der Waals surface area contributed by atoms with Crippen molar-refractivity contribution in [1.29, 1.82) is 0 Å². The molecule has 0 aliphatic rings. The quantitative estimate of drug-likeness (QED) is 0.429. The summed E-state index contributed by atoms with van der Waals surface area (Å²) in [7, 11) is -1.25. The molecular formula is C6H15IOSi. The van der Waals surface area contributed by atoms with Crippen LogP contribution in [0.3, 0.4) is 0 Å². The van der Waals surface area contributed by atoms with E-state index in [1.54, 1.807) is 0 Å². The van der Waals surface area contributed by atoms with Crippen LogP contribution in [0.2, 0.25) is 19.6 Å². The van der Waals surface area contributed by atoms with E-state index in [0.717, 1.165) is 4.43 Å². The van der Waals surface area contributed by atoms with E-state index >= 15 is 0 Å². The average molecular weight is 258 g/mol. The van der Waals surface area contributed by atoms with Crippen LogP contribution in [0, 0.1) is 0 Å². The van der Waals surface area contributed by atoms with Gasteiger partial charge >= 0.3 is 0 Å². The minimum Gasteiger partial charge on any atom is -0.414 e. The van der Waals surface area contributed by atoms with Crippen LogP contribution in [-0.4, -0.2) is 18.8 Å². The van der Waals surface area contributed by atoms with Gasteiger partial charge in [0.25, 0.3) is 0 Å². The van der Waals surface area contributed by atoms with Crippen molar-refractivity contribution in [3.8, 4) is 0 Å². The summed E-state index contributed by atoms with van der Waals surface area (Å²) in [5.41, 5.74) is 0. The molecule has 0 spiro atoms. The lowest BCUT2D eigenvalue weighted by molar-refractivity contribution is 0.242. The van der Waals surface area contributed by atoms with Gasteiger partial charge in [-0.3, -0.25) is 0 Å². The molecule has 0 rings (SSSR count). The smallest absolute Gasteiger partial charge is 0.184 e. The molecule has 9 heavy (non-hydrogen) atoms. The van der Waals surface area contributed by atoms with Gasteiger partial charge in [-0.05, 0) is 26.6 Å². The van der Waals surface area contributed by atoms with Gasteiger partial charge in [-0.2, -0.15) is 0 Å². The highest BCUT2D eigenvalue weighted by Gasteiger charge is 2.16. The van der Waals surface area contributed by atoms with Crippen molar-refractivity contribution >= 4 is 30.9 Å². The van der Waals surface area contributed by atoms with E-state index in [2.05, 4.69) is 49.2 Å². The molecule has 0 radical (unpaired) electrons. The predicted molar refractivity (Wildman–Crippen MR) is 52.8 cm³/mol. The number of rotatable bonds is 3. The van der Waals surface area contributed by atoms with E-state index in [9.17, 15) is 0 Å². The zero-order valence-corrected chi connectivity index (χ0v) is 9.73. The Labute approximate surface area is 72.4 Å². The second-order valence-corrected chi connectivity index (χ2v) is 8.54. The Balaban J connectivity index is 3.47. The Bertz CT molecular complexity index is 79.6. The molecule has 0 heterocycles. The minimum atomic E-state index is -1.25. The van der Waals surface area contributed by atoms with Crippen molar-refractivity contribution in [2.45, 2.75) is 32.7 Å². The maximum absolute atomic E-state index is 5.72. The standard InChI is InChI=1S/C6H15IOSi/c1-6(5-7)8-9(2,3)4/h6H,5H2,1-4H3. The van der Waals surface area contributed by atoms with Gasteiger partial charge in [0.05, 0.1) is 6.10 Å². The van der Waals surface area contributed by atoms with Crippen molar-refractivity contribution in [2.24, 2.45) is 0 Å². The third-order valence-electron chi connectivity index (χ3n) is 0.772. The first-order chi connectivity index (χ1) is 3.95. The summed E-state index contributed by atoms with van der Waals surface area (Å²) in [6.07, 6.45) is 0.442. The zero-order chi connectivity index (χ0) is 7.49. The molecular weight excluding hydrogens is 243 g/mol. The van der Waals surface area contributed by atoms with Gasteiger partial charge in [-0.25, -0.2) is 0 Å². The molecule has 0 aliphatic heterocycles. The molecule has 0 aromatic heterocycles. The number of hydrogen-bond acceptors (Lipinski definition) is 1. The molecule has 0 saturated carbocycles. The predicted octanol–water partition coefficient (Wildman–Crippen LogP) is 2.66. The van der Waals surface area contributed by atoms with E-state index in [-0.39, 0.29) is 0 Å². The lowest BCUT2D eigenvalue weighted by Gasteiger charge is -2.21. The highest BCUT2D eigenvalue weighted by atomic mass is 127. The molecule has 0 bridgehead atoms. The van der Waals surface area contributed by atoms with Crippen LogP contribution in [0.15, 0.2) is 0 Å². The van der Waals surface area contributed by atoms with Crippen LogP contribution in [0.25, 0.3) is 0 Å². The second kappa shape index (κ2) is 3.93. The summed E-state index contributed by atoms with van der Waals surface area (Å²) in [6.45, 7) is 8.78. The molecule has 1 unspecified atom stereocenters. The van der Waals surface area contributed by atoms with Crippen molar-refractivity contribution in [2.75, 3.05) is 4.43 Å². The van der Waals surface area contributed by atoms with Crippen molar-refractivity contribution in [3.63, 3.8) is 0 Å². The van der Waals surface area contributed by atoms with E-state index in [1.807, 2.05) is 0 Å². The van der Waals surface area contributed by atoms with E-state index in [0.29, 0.717) is 6.10 Å². The van der Waals surface area contributed by atoms with Crippen LogP contribution >= 0.6 is 22.6 Å². The fourth-order valence-electron chi connectivity index (χ4n) is 0.635. The largest absolute Gasteiger partial charge is 0.414 e. The fourth-order valence-corrected chi connectivity index (χ4v) is 2.44. The Hall–Kier alpha value is 0.907. The van der Waals surface area contributed by atoms with E-state index in [4.69, 9.17) is 4.43 Å². The Morgan fingerprint density at radius 3 is 2.00 bits per heavy atom. The van der Waals surface area contributed by atoms with Crippen LogP contribution in [0.1, 0.15) is 6.92 Å². The normalized spacial score (nSPS) is 15.7. The third kappa shape index (κ3) is 6.80. The molecule has 0 amide bonds. The highest BCUT2D eigenvalue weighted by molar-refractivity contribution is 14.1. The summed E-state index contributed by atoms with van der Waals surface area (Å²) in [4.78, 5) is 0. The molecule has 0 aromatic carbocycles. The van der Waals surface area contributed by atoms with Crippen molar-refractivity contribution < 1.29 is 4.43 Å². The molecule has 1 atom stereocenters. The maximum atomic E-state index is 5.72. The van der Waals surface area contributed by atoms with Crippen LogP contribution in [0.4, 0.5) is 0 Å². The monoisotopic (exact) mass is 258 g/mol. The van der Waals surface area contributed by atoms with Gasteiger partial charge in [-0.15, -0.1) is 0 Å². The van der Waals surface area contributed by atoms with Gasteiger partial charge < -0.3 is 4.43 Å². The van der Waals surface area contributed by atoms with E-state index < -0.39 is 8.32 Å². The van der Waals surface area contributed by atoms with Crippen LogP contribution in [-0.2, 0) is 4.43 Å². The maximum Gasteiger partial charge on any atom is 0.184 e. The topological polar surface area (TPSA) is 9.23 Å². The molecule has 56 valence electrons. The highest BCUT2D eigenvalue weighted by Crippen LogP contribution is 2.08. The number of alkyl halides is 1. The Kier molecular flexibility index (Phi) is 4.32. The second-order valence-electron chi connectivity index (χ2n) is 3.20. The van der Waals surface area contributed by atoms with Gasteiger partial charge in [-0.1, -0.05) is 22.6 Å². The van der Waals surface area contributed by atoms with Crippen LogP contribution < -0.4 is 0 Å². The molecule has 0 N–H and O–H groups in total. The fraction of sp³-hybridized carbons (Fsp3) is 1.00. The lowest BCUT2D eigenvalue weighted by Crippen LogP contribution is -2.31. The summed E-state index contributed by atoms with van der Waals surface area (Å²) >= 11 is 2.35. The van der Waals surface area contributed by atoms with Gasteiger partial charge in [0, 0.05) is 4.43 Å².